The van der Waals surface area contributed by atoms with Gasteiger partial charge in [-0.15, -0.1) is 23.5 Å². The Morgan fingerprint density at radius 2 is 1.89 bits per heavy atom. The standard InChI is InChI=1S/C15H17NOS2/c1-12(17)15(18-2,13-7-6-10-16-11-13)19-14-8-4-3-5-9-14/h3-12,17H,1-2H3. The van der Waals surface area contributed by atoms with E-state index < -0.39 is 10.2 Å². The highest BCUT2D eigenvalue weighted by Gasteiger charge is 2.38. The van der Waals surface area contributed by atoms with E-state index in [9.17, 15) is 5.11 Å². The monoisotopic (exact) mass is 291 g/mol. The Morgan fingerprint density at radius 3 is 2.42 bits per heavy atom. The number of nitrogens with zero attached hydrogens (tertiary/aromatic N) is 1. The lowest BCUT2D eigenvalue weighted by molar-refractivity contribution is 0.181. The third kappa shape index (κ3) is 3.14. The number of aliphatic hydroxyl groups is 1. The summed E-state index contributed by atoms with van der Waals surface area (Å²) in [5.74, 6) is 0. The summed E-state index contributed by atoms with van der Waals surface area (Å²) in [5.41, 5.74) is 1.03. The Hall–Kier alpha value is -0.970. The molecule has 1 aromatic heterocycles. The molecule has 2 rings (SSSR count). The van der Waals surface area contributed by atoms with Gasteiger partial charge in [0.25, 0.3) is 0 Å². The maximum absolute atomic E-state index is 10.3. The van der Waals surface area contributed by atoms with Gasteiger partial charge in [0.15, 0.2) is 0 Å². The fourth-order valence-electron chi connectivity index (χ4n) is 1.95. The van der Waals surface area contributed by atoms with Crippen molar-refractivity contribution in [3.63, 3.8) is 0 Å². The van der Waals surface area contributed by atoms with Gasteiger partial charge in [-0.1, -0.05) is 24.3 Å². The molecule has 1 aromatic carbocycles. The summed E-state index contributed by atoms with van der Waals surface area (Å²) >= 11 is 3.32. The minimum atomic E-state index is -0.489. The van der Waals surface area contributed by atoms with Gasteiger partial charge in [0.1, 0.15) is 4.08 Å². The maximum atomic E-state index is 10.3. The van der Waals surface area contributed by atoms with Crippen LogP contribution in [0.5, 0.6) is 0 Å². The summed E-state index contributed by atoms with van der Waals surface area (Å²) in [6.45, 7) is 1.83. The van der Waals surface area contributed by atoms with Crippen LogP contribution in [0.15, 0.2) is 59.8 Å². The molecule has 2 unspecified atom stereocenters. The van der Waals surface area contributed by atoms with Crippen LogP contribution < -0.4 is 0 Å². The second kappa shape index (κ2) is 6.46. The van der Waals surface area contributed by atoms with Crippen LogP contribution >= 0.6 is 23.5 Å². The Labute approximate surface area is 122 Å². The highest BCUT2D eigenvalue weighted by atomic mass is 32.2. The summed E-state index contributed by atoms with van der Waals surface area (Å²) in [6.07, 6.45) is 5.12. The van der Waals surface area contributed by atoms with Crippen LogP contribution in [0.1, 0.15) is 12.5 Å². The molecule has 0 aliphatic heterocycles. The van der Waals surface area contributed by atoms with Gasteiger partial charge in [-0.05, 0) is 36.9 Å². The van der Waals surface area contributed by atoms with Gasteiger partial charge >= 0.3 is 0 Å². The fourth-order valence-corrected chi connectivity index (χ4v) is 4.32. The quantitative estimate of drug-likeness (QED) is 0.671. The Balaban J connectivity index is 2.41. The number of rotatable bonds is 5. The molecule has 2 atom stereocenters. The SMILES string of the molecule is CSC(Sc1ccccc1)(c1cccnc1)C(C)O. The van der Waals surface area contributed by atoms with Crippen molar-refractivity contribution in [3.05, 3.63) is 60.4 Å². The van der Waals surface area contributed by atoms with E-state index >= 15 is 0 Å². The topological polar surface area (TPSA) is 33.1 Å². The summed E-state index contributed by atoms with van der Waals surface area (Å²) < 4.78 is -0.435. The molecule has 0 saturated heterocycles. The first-order valence-corrected chi connectivity index (χ1v) is 8.11. The molecule has 100 valence electrons. The van der Waals surface area contributed by atoms with Gasteiger partial charge in [0.2, 0.25) is 0 Å². The third-order valence-electron chi connectivity index (χ3n) is 2.93. The molecule has 0 radical (unpaired) electrons. The van der Waals surface area contributed by atoms with Crippen molar-refractivity contribution in [2.75, 3.05) is 6.26 Å². The molecule has 4 heteroatoms. The van der Waals surface area contributed by atoms with Gasteiger partial charge in [-0.25, -0.2) is 0 Å². The molecule has 2 nitrogen and oxygen atoms in total. The zero-order valence-corrected chi connectivity index (χ0v) is 12.6. The average Bonchev–Trinajstić information content (AvgIpc) is 2.46. The third-order valence-corrected chi connectivity index (χ3v) is 6.25. The van der Waals surface area contributed by atoms with E-state index in [1.807, 2.05) is 49.7 Å². The van der Waals surface area contributed by atoms with Crippen LogP contribution in [0.2, 0.25) is 0 Å². The van der Waals surface area contributed by atoms with Gasteiger partial charge in [-0.2, -0.15) is 0 Å². The number of aromatic nitrogens is 1. The molecular weight excluding hydrogens is 274 g/mol. The van der Waals surface area contributed by atoms with E-state index in [1.54, 1.807) is 29.7 Å². The lowest BCUT2D eigenvalue weighted by Crippen LogP contribution is -2.30. The fraction of sp³-hybridized carbons (Fsp3) is 0.267. The van der Waals surface area contributed by atoms with Crippen LogP contribution in [0, 0.1) is 0 Å². The predicted molar refractivity (Wildman–Crippen MR) is 83.4 cm³/mol. The molecule has 0 spiro atoms. The molecule has 0 amide bonds. The lowest BCUT2D eigenvalue weighted by atomic mass is 10.1. The number of thioether (sulfide) groups is 2. The molecule has 0 aliphatic rings. The zero-order valence-electron chi connectivity index (χ0n) is 11.0. The highest BCUT2D eigenvalue weighted by molar-refractivity contribution is 8.17. The first-order valence-electron chi connectivity index (χ1n) is 6.07. The van der Waals surface area contributed by atoms with Crippen LogP contribution in [0.3, 0.4) is 0 Å². The van der Waals surface area contributed by atoms with Crippen molar-refractivity contribution in [1.82, 2.24) is 4.98 Å². The Morgan fingerprint density at radius 1 is 1.16 bits per heavy atom. The maximum Gasteiger partial charge on any atom is 0.117 e. The molecular formula is C15H17NOS2. The minimum Gasteiger partial charge on any atom is -0.391 e. The smallest absolute Gasteiger partial charge is 0.117 e. The molecule has 19 heavy (non-hydrogen) atoms. The van der Waals surface area contributed by atoms with Crippen LogP contribution in [0.25, 0.3) is 0 Å². The molecule has 1 heterocycles. The summed E-state index contributed by atoms with van der Waals surface area (Å²) in [5, 5.41) is 10.3. The number of pyridine rings is 1. The molecule has 0 aliphatic carbocycles. The number of hydrogen-bond acceptors (Lipinski definition) is 4. The van der Waals surface area contributed by atoms with E-state index in [-0.39, 0.29) is 0 Å². The van der Waals surface area contributed by atoms with Crippen LogP contribution in [-0.4, -0.2) is 22.5 Å². The van der Waals surface area contributed by atoms with E-state index in [0.717, 1.165) is 10.5 Å². The van der Waals surface area contributed by atoms with E-state index in [0.29, 0.717) is 0 Å². The van der Waals surface area contributed by atoms with E-state index in [1.165, 1.54) is 0 Å². The minimum absolute atomic E-state index is 0.435. The lowest BCUT2D eigenvalue weighted by Gasteiger charge is -2.34. The van der Waals surface area contributed by atoms with Crippen molar-refractivity contribution < 1.29 is 5.11 Å². The molecule has 0 fully saturated rings. The summed E-state index contributed by atoms with van der Waals surface area (Å²) in [7, 11) is 0. The Kier molecular flexibility index (Phi) is 4.91. The Bertz CT molecular complexity index is 504. The van der Waals surface area contributed by atoms with Crippen molar-refractivity contribution in [3.8, 4) is 0 Å². The van der Waals surface area contributed by atoms with Crippen LogP contribution in [0.4, 0.5) is 0 Å². The van der Waals surface area contributed by atoms with Gasteiger partial charge in [-0.3, -0.25) is 4.98 Å². The van der Waals surface area contributed by atoms with Crippen molar-refractivity contribution in [2.24, 2.45) is 0 Å². The summed E-state index contributed by atoms with van der Waals surface area (Å²) in [6, 6.07) is 14.1. The van der Waals surface area contributed by atoms with Crippen molar-refractivity contribution in [1.29, 1.82) is 0 Å². The second-order valence-electron chi connectivity index (χ2n) is 4.20. The van der Waals surface area contributed by atoms with Gasteiger partial charge in [0.05, 0.1) is 6.10 Å². The second-order valence-corrected chi connectivity index (χ2v) is 6.83. The normalized spacial score (nSPS) is 15.7. The predicted octanol–water partition coefficient (Wildman–Crippen LogP) is 3.77. The number of hydrogen-bond donors (Lipinski definition) is 1. The average molecular weight is 291 g/mol. The molecule has 2 aromatic rings. The number of benzene rings is 1. The summed E-state index contributed by atoms with van der Waals surface area (Å²) in [4.78, 5) is 5.33. The van der Waals surface area contributed by atoms with Gasteiger partial charge < -0.3 is 5.11 Å². The van der Waals surface area contributed by atoms with Crippen LogP contribution in [-0.2, 0) is 4.08 Å². The first kappa shape index (κ1) is 14.4. The van der Waals surface area contributed by atoms with E-state index in [2.05, 4.69) is 17.1 Å². The highest BCUT2D eigenvalue weighted by Crippen LogP contribution is 2.51. The molecule has 1 N–H and O–H groups in total. The van der Waals surface area contributed by atoms with Gasteiger partial charge in [0, 0.05) is 17.3 Å². The van der Waals surface area contributed by atoms with Crippen molar-refractivity contribution in [2.45, 2.75) is 22.0 Å². The van der Waals surface area contributed by atoms with E-state index in [4.69, 9.17) is 0 Å². The molecule has 0 saturated carbocycles. The molecule has 0 bridgehead atoms. The van der Waals surface area contributed by atoms with Crippen molar-refractivity contribution >= 4 is 23.5 Å². The number of aliphatic hydroxyl groups excluding tert-OH is 1. The zero-order chi connectivity index (χ0) is 13.7. The first-order chi connectivity index (χ1) is 9.19. The largest absolute Gasteiger partial charge is 0.391 e.